The number of anilines is 1. The van der Waals surface area contributed by atoms with E-state index in [1.165, 1.54) is 6.07 Å². The maximum Gasteiger partial charge on any atom is 0.251 e. The van der Waals surface area contributed by atoms with Crippen LogP contribution in [0.2, 0.25) is 10.0 Å². The lowest BCUT2D eigenvalue weighted by molar-refractivity contribution is 0.00953. The normalized spacial score (nSPS) is 22.1. The van der Waals surface area contributed by atoms with Crippen LogP contribution in [-0.4, -0.2) is 52.9 Å². The summed E-state index contributed by atoms with van der Waals surface area (Å²) in [7, 11) is 0. The van der Waals surface area contributed by atoms with E-state index in [0.717, 1.165) is 54.8 Å². The Morgan fingerprint density at radius 2 is 1.97 bits per heavy atom. The van der Waals surface area contributed by atoms with Gasteiger partial charge < -0.3 is 15.0 Å². The summed E-state index contributed by atoms with van der Waals surface area (Å²) in [5.41, 5.74) is 3.63. The number of thioether (sulfide) groups is 1. The SMILES string of the molecule is CSCCNC(=O)c1ccc(N2CC3CC2CC3OCc2c(-c3c(Cl)cccc3Cl)cnn2C2CC2)c(F)c1. The lowest BCUT2D eigenvalue weighted by Crippen LogP contribution is -2.39. The molecule has 1 saturated heterocycles. The fourth-order valence-corrected chi connectivity index (χ4v) is 6.88. The average Bonchev–Trinajstić information content (AvgIpc) is 3.38. The highest BCUT2D eigenvalue weighted by molar-refractivity contribution is 7.98. The molecular weight excluding hydrogens is 558 g/mol. The number of hydrogen-bond acceptors (Lipinski definition) is 5. The molecule has 3 aliphatic rings. The molecule has 0 radical (unpaired) electrons. The number of nitrogens with one attached hydrogen (secondary N) is 1. The van der Waals surface area contributed by atoms with E-state index < -0.39 is 0 Å². The molecule has 2 bridgehead atoms. The molecule has 10 heteroatoms. The molecule has 3 unspecified atom stereocenters. The Morgan fingerprint density at radius 3 is 2.64 bits per heavy atom. The molecule has 206 valence electrons. The van der Waals surface area contributed by atoms with Gasteiger partial charge in [-0.3, -0.25) is 9.48 Å². The van der Waals surface area contributed by atoms with E-state index in [1.807, 2.05) is 30.7 Å². The molecule has 2 heterocycles. The lowest BCUT2D eigenvalue weighted by atomic mass is 10.0. The molecule has 6 nitrogen and oxygen atoms in total. The third-order valence-electron chi connectivity index (χ3n) is 8.05. The van der Waals surface area contributed by atoms with Gasteiger partial charge in [0, 0.05) is 47.5 Å². The van der Waals surface area contributed by atoms with Gasteiger partial charge in [0.1, 0.15) is 5.82 Å². The summed E-state index contributed by atoms with van der Waals surface area (Å²) >= 11 is 14.7. The first-order valence-electron chi connectivity index (χ1n) is 13.4. The Morgan fingerprint density at radius 1 is 1.18 bits per heavy atom. The highest BCUT2D eigenvalue weighted by atomic mass is 35.5. The minimum atomic E-state index is -0.355. The first-order chi connectivity index (χ1) is 18.9. The Balaban J connectivity index is 1.13. The quantitative estimate of drug-likeness (QED) is 0.270. The van der Waals surface area contributed by atoms with E-state index in [9.17, 15) is 4.79 Å². The molecule has 39 heavy (non-hydrogen) atoms. The Hall–Kier alpha value is -2.26. The number of carbonyl (C=O) groups is 1. The van der Waals surface area contributed by atoms with Crippen LogP contribution in [0, 0.1) is 11.7 Å². The smallest absolute Gasteiger partial charge is 0.251 e. The number of hydrogen-bond donors (Lipinski definition) is 1. The standard InChI is InChI=1S/C29H31Cl2FN4O2S/c1-39-10-9-33-29(37)17-5-8-25(24(32)12-17)35-15-18-11-20(35)13-27(18)38-16-26-21(14-34-36(26)19-6-7-19)28-22(30)3-2-4-23(28)31/h2-5,8,12,14,18-20,27H,6-7,9-11,13,15-16H2,1H3,(H,33,37). The predicted molar refractivity (Wildman–Crippen MR) is 156 cm³/mol. The second-order valence-electron chi connectivity index (χ2n) is 10.6. The second-order valence-corrected chi connectivity index (χ2v) is 12.4. The minimum Gasteiger partial charge on any atom is -0.371 e. The van der Waals surface area contributed by atoms with Gasteiger partial charge in [-0.15, -0.1) is 0 Å². The lowest BCUT2D eigenvalue weighted by Gasteiger charge is -2.33. The molecule has 1 aromatic heterocycles. The van der Waals surface area contributed by atoms with E-state index in [4.69, 9.17) is 27.9 Å². The van der Waals surface area contributed by atoms with E-state index in [1.54, 1.807) is 23.9 Å². The Bertz CT molecular complexity index is 1360. The first-order valence-corrected chi connectivity index (χ1v) is 15.5. The van der Waals surface area contributed by atoms with Crippen molar-refractivity contribution in [3.8, 4) is 11.1 Å². The zero-order chi connectivity index (χ0) is 27.1. The van der Waals surface area contributed by atoms with E-state index in [2.05, 4.69) is 20.0 Å². The number of fused-ring (bicyclic) bond motifs is 2. The van der Waals surface area contributed by atoms with Crippen LogP contribution in [0.1, 0.15) is 47.8 Å². The maximum absolute atomic E-state index is 15.1. The highest BCUT2D eigenvalue weighted by Gasteiger charge is 2.46. The molecule has 2 aromatic carbocycles. The Labute approximate surface area is 242 Å². The number of aromatic nitrogens is 2. The van der Waals surface area contributed by atoms with Crippen LogP contribution in [0.4, 0.5) is 10.1 Å². The minimum absolute atomic E-state index is 0.0907. The number of halogens is 3. The van der Waals surface area contributed by atoms with Crippen molar-refractivity contribution in [3.05, 3.63) is 69.7 Å². The summed E-state index contributed by atoms with van der Waals surface area (Å²) in [6.07, 6.45) is 7.94. The van der Waals surface area contributed by atoms with Gasteiger partial charge in [-0.2, -0.15) is 16.9 Å². The van der Waals surface area contributed by atoms with Crippen molar-refractivity contribution in [3.63, 3.8) is 0 Å². The molecule has 1 amide bonds. The summed E-state index contributed by atoms with van der Waals surface area (Å²) < 4.78 is 23.7. The first kappa shape index (κ1) is 26.9. The van der Waals surface area contributed by atoms with Crippen LogP contribution in [0.5, 0.6) is 0 Å². The number of nitrogens with zero attached hydrogens (tertiary/aromatic N) is 3. The van der Waals surface area contributed by atoms with Gasteiger partial charge in [-0.25, -0.2) is 4.39 Å². The van der Waals surface area contributed by atoms with Crippen molar-refractivity contribution in [2.24, 2.45) is 5.92 Å². The summed E-state index contributed by atoms with van der Waals surface area (Å²) in [5.74, 6) is 0.541. The molecular formula is C29H31Cl2FN4O2S. The number of amides is 1. The van der Waals surface area contributed by atoms with Gasteiger partial charge in [0.2, 0.25) is 0 Å². The maximum atomic E-state index is 15.1. The van der Waals surface area contributed by atoms with Gasteiger partial charge in [0.05, 0.1) is 46.4 Å². The molecule has 0 spiro atoms. The van der Waals surface area contributed by atoms with Crippen molar-refractivity contribution in [2.75, 3.05) is 30.0 Å². The van der Waals surface area contributed by atoms with Crippen LogP contribution in [0.25, 0.3) is 11.1 Å². The number of piperidine rings is 1. The molecule has 3 atom stereocenters. The summed E-state index contributed by atoms with van der Waals surface area (Å²) in [5, 5.41) is 8.70. The zero-order valence-corrected chi connectivity index (χ0v) is 24.0. The van der Waals surface area contributed by atoms with Crippen LogP contribution in [-0.2, 0) is 11.3 Å². The number of rotatable bonds is 10. The van der Waals surface area contributed by atoms with Crippen molar-refractivity contribution in [1.29, 1.82) is 0 Å². The highest BCUT2D eigenvalue weighted by Crippen LogP contribution is 2.45. The fourth-order valence-electron chi connectivity index (χ4n) is 5.97. The van der Waals surface area contributed by atoms with Crippen LogP contribution in [0.15, 0.2) is 42.6 Å². The number of benzene rings is 2. The van der Waals surface area contributed by atoms with Crippen LogP contribution < -0.4 is 10.2 Å². The monoisotopic (exact) mass is 588 g/mol. The zero-order valence-electron chi connectivity index (χ0n) is 21.7. The molecule has 1 N–H and O–H groups in total. The van der Waals surface area contributed by atoms with Gasteiger partial charge in [-0.1, -0.05) is 29.3 Å². The third kappa shape index (κ3) is 5.41. The average molecular weight is 590 g/mol. The summed E-state index contributed by atoms with van der Waals surface area (Å²) in [6.45, 7) is 1.72. The molecule has 1 aliphatic heterocycles. The molecule has 2 aliphatic carbocycles. The van der Waals surface area contributed by atoms with Crippen LogP contribution >= 0.6 is 35.0 Å². The second kappa shape index (κ2) is 11.3. The van der Waals surface area contributed by atoms with Gasteiger partial charge in [0.15, 0.2) is 0 Å². The number of carbonyl (C=O) groups excluding carboxylic acids is 1. The molecule has 3 fully saturated rings. The van der Waals surface area contributed by atoms with Crippen molar-refractivity contribution < 1.29 is 13.9 Å². The van der Waals surface area contributed by atoms with E-state index in [0.29, 0.717) is 46.4 Å². The van der Waals surface area contributed by atoms with E-state index >= 15 is 4.39 Å². The fraction of sp³-hybridized carbons (Fsp3) is 0.448. The van der Waals surface area contributed by atoms with Crippen molar-refractivity contribution >= 4 is 46.6 Å². The van der Waals surface area contributed by atoms with Gasteiger partial charge >= 0.3 is 0 Å². The topological polar surface area (TPSA) is 59.4 Å². The Kier molecular flexibility index (Phi) is 7.82. The van der Waals surface area contributed by atoms with Gasteiger partial charge in [0.25, 0.3) is 5.91 Å². The third-order valence-corrected chi connectivity index (χ3v) is 9.29. The molecule has 2 saturated carbocycles. The largest absolute Gasteiger partial charge is 0.371 e. The van der Waals surface area contributed by atoms with Crippen molar-refractivity contribution in [2.45, 2.75) is 50.5 Å². The summed E-state index contributed by atoms with van der Waals surface area (Å²) in [4.78, 5) is 14.5. The number of ether oxygens (including phenoxy) is 1. The van der Waals surface area contributed by atoms with E-state index in [-0.39, 0.29) is 23.9 Å². The van der Waals surface area contributed by atoms with Gasteiger partial charge in [-0.05, 0) is 62.3 Å². The predicted octanol–water partition coefficient (Wildman–Crippen LogP) is 6.61. The molecule has 3 aromatic rings. The van der Waals surface area contributed by atoms with Crippen LogP contribution in [0.3, 0.4) is 0 Å². The molecule has 6 rings (SSSR count). The summed E-state index contributed by atoms with van der Waals surface area (Å²) in [6, 6.07) is 10.9. The van der Waals surface area contributed by atoms with Crippen molar-refractivity contribution in [1.82, 2.24) is 15.1 Å².